The van der Waals surface area contributed by atoms with Crippen molar-refractivity contribution in [1.82, 2.24) is 0 Å². The zero-order valence-electron chi connectivity index (χ0n) is 17.0. The average Bonchev–Trinajstić information content (AvgIpc) is 3.15. The van der Waals surface area contributed by atoms with Crippen LogP contribution in [0.1, 0.15) is 50.2 Å². The Balaban J connectivity index is 0.000000585. The van der Waals surface area contributed by atoms with Gasteiger partial charge in [-0.05, 0) is 11.1 Å². The second kappa shape index (κ2) is 14.0. The summed E-state index contributed by atoms with van der Waals surface area (Å²) in [4.78, 5) is 0. The smallest absolute Gasteiger partial charge is 0.358 e. The molecule has 1 saturated carbocycles. The van der Waals surface area contributed by atoms with Gasteiger partial charge in [0, 0.05) is 32.7 Å². The largest absolute Gasteiger partial charge is 2.00 e. The van der Waals surface area contributed by atoms with E-state index in [1.54, 1.807) is 0 Å². The molecule has 2 aromatic rings. The summed E-state index contributed by atoms with van der Waals surface area (Å²) in [5.41, 5.74) is 5.75. The second-order valence-electron chi connectivity index (χ2n) is 7.18. The summed E-state index contributed by atoms with van der Waals surface area (Å²) < 4.78 is 0. The standard InChI is InChI=1S/C16H16P.C7H13.CH3.Y.Zr/c17-11-5-10-16-14-8-3-1-6-12(14)13-7-2-4-9-15(13)16;1-6-4-3-5-7(6)2;;;/h1-4,6-10,16H,5,11,17H2;3,6-7H,4-5H2,1-2H3;1H3;;/q3*-1;;+2/t;6-,7+;;;. The minimum atomic E-state index is 0. The van der Waals surface area contributed by atoms with Gasteiger partial charge in [0.05, 0.1) is 0 Å². The minimum Gasteiger partial charge on any atom is -0.358 e. The Morgan fingerprint density at radius 3 is 1.74 bits per heavy atom. The summed E-state index contributed by atoms with van der Waals surface area (Å²) in [6.07, 6.45) is 9.83. The van der Waals surface area contributed by atoms with E-state index in [9.17, 15) is 0 Å². The van der Waals surface area contributed by atoms with Crippen LogP contribution in [0.2, 0.25) is 0 Å². The maximum absolute atomic E-state index is 2.80. The maximum Gasteiger partial charge on any atom is 2.00 e. The molecule has 4 rings (SSSR count). The van der Waals surface area contributed by atoms with Crippen LogP contribution in [0.4, 0.5) is 0 Å². The number of hydrogen-bond acceptors (Lipinski definition) is 0. The van der Waals surface area contributed by atoms with Crippen LogP contribution in [0.15, 0.2) is 48.5 Å². The average molecular weight is 532 g/mol. The summed E-state index contributed by atoms with van der Waals surface area (Å²) in [6.45, 7) is 4.66. The molecule has 0 aromatic heterocycles. The van der Waals surface area contributed by atoms with E-state index < -0.39 is 0 Å². The predicted molar refractivity (Wildman–Crippen MR) is 115 cm³/mol. The fourth-order valence-corrected chi connectivity index (χ4v) is 3.99. The van der Waals surface area contributed by atoms with E-state index in [1.165, 1.54) is 35.1 Å². The summed E-state index contributed by atoms with van der Waals surface area (Å²) in [7, 11) is 2.80. The molecule has 3 atom stereocenters. The van der Waals surface area contributed by atoms with Gasteiger partial charge < -0.3 is 20.3 Å². The molecule has 27 heavy (non-hydrogen) atoms. The quantitative estimate of drug-likeness (QED) is 0.296. The van der Waals surface area contributed by atoms with Crippen molar-refractivity contribution in [2.24, 2.45) is 11.8 Å². The molecule has 0 aliphatic heterocycles. The monoisotopic (exact) mass is 530 g/mol. The second-order valence-corrected chi connectivity index (χ2v) is 7.76. The Hall–Kier alpha value is 0.857. The molecule has 2 aliphatic rings. The Morgan fingerprint density at radius 2 is 1.37 bits per heavy atom. The van der Waals surface area contributed by atoms with Gasteiger partial charge in [-0.15, -0.1) is 15.2 Å². The van der Waals surface area contributed by atoms with Gasteiger partial charge >= 0.3 is 26.2 Å². The molecule has 0 heterocycles. The minimum absolute atomic E-state index is 0. The molecule has 0 saturated heterocycles. The molecule has 0 spiro atoms. The Morgan fingerprint density at radius 1 is 0.926 bits per heavy atom. The van der Waals surface area contributed by atoms with Gasteiger partial charge in [0.25, 0.3) is 0 Å². The van der Waals surface area contributed by atoms with E-state index in [0.29, 0.717) is 5.92 Å². The summed E-state index contributed by atoms with van der Waals surface area (Å²) in [5.74, 6) is 2.41. The first kappa shape index (κ1) is 27.9. The first-order valence-corrected chi connectivity index (χ1v) is 10.1. The molecular weight excluding hydrogens is 499 g/mol. The van der Waals surface area contributed by atoms with Crippen LogP contribution in [0.5, 0.6) is 0 Å². The van der Waals surface area contributed by atoms with Gasteiger partial charge in [0.1, 0.15) is 0 Å². The zero-order valence-corrected chi connectivity index (χ0v) is 23.4. The van der Waals surface area contributed by atoms with E-state index >= 15 is 0 Å². The predicted octanol–water partition coefficient (Wildman–Crippen LogP) is 6.97. The van der Waals surface area contributed by atoms with Crippen molar-refractivity contribution in [2.75, 3.05) is 6.16 Å². The normalized spacial score (nSPS) is 19.4. The van der Waals surface area contributed by atoms with Gasteiger partial charge in [-0.25, -0.2) is 0 Å². The molecule has 0 bridgehead atoms. The SMILES string of the molecule is C[C@@H]1C[CH-]C[C@@H]1C.PCC[CH-]C1c2ccccc2-c2ccccc21.[CH3-].[Y].[Zr+2]. The molecule has 0 N–H and O–H groups in total. The van der Waals surface area contributed by atoms with Crippen molar-refractivity contribution in [2.45, 2.75) is 39.0 Å². The molecule has 0 nitrogen and oxygen atoms in total. The first-order chi connectivity index (χ1) is 11.7. The molecule has 141 valence electrons. The maximum atomic E-state index is 2.80. The van der Waals surface area contributed by atoms with Crippen LogP contribution in [0.3, 0.4) is 0 Å². The van der Waals surface area contributed by atoms with Gasteiger partial charge in [0.15, 0.2) is 0 Å². The number of benzene rings is 2. The third kappa shape index (κ3) is 6.95. The van der Waals surface area contributed by atoms with Crippen molar-refractivity contribution in [3.8, 4) is 11.1 Å². The van der Waals surface area contributed by atoms with Crippen LogP contribution in [0, 0.1) is 32.1 Å². The summed E-state index contributed by atoms with van der Waals surface area (Å²) in [5, 5.41) is 0. The molecule has 2 aliphatic carbocycles. The molecule has 1 unspecified atom stereocenters. The summed E-state index contributed by atoms with van der Waals surface area (Å²) >= 11 is 0. The third-order valence-electron chi connectivity index (χ3n) is 5.50. The van der Waals surface area contributed by atoms with Crippen molar-refractivity contribution in [3.05, 3.63) is 79.9 Å². The Kier molecular flexibility index (Phi) is 14.4. The van der Waals surface area contributed by atoms with Crippen LogP contribution in [0.25, 0.3) is 11.1 Å². The molecule has 3 heteroatoms. The van der Waals surface area contributed by atoms with Gasteiger partial charge in [-0.1, -0.05) is 91.5 Å². The van der Waals surface area contributed by atoms with E-state index in [-0.39, 0.29) is 66.3 Å². The molecule has 0 amide bonds. The van der Waals surface area contributed by atoms with E-state index in [1.807, 2.05) is 0 Å². The molecule has 1 fully saturated rings. The van der Waals surface area contributed by atoms with Gasteiger partial charge in [-0.2, -0.15) is 19.3 Å². The third-order valence-corrected chi connectivity index (χ3v) is 5.83. The van der Waals surface area contributed by atoms with Crippen molar-refractivity contribution in [3.63, 3.8) is 0 Å². The molecular formula is C24H32PYZr-. The summed E-state index contributed by atoms with van der Waals surface area (Å²) in [6, 6.07) is 17.6. The van der Waals surface area contributed by atoms with E-state index in [0.717, 1.165) is 24.4 Å². The van der Waals surface area contributed by atoms with Crippen molar-refractivity contribution < 1.29 is 58.9 Å². The number of rotatable bonds is 3. The zero-order chi connectivity index (χ0) is 16.9. The van der Waals surface area contributed by atoms with E-state index in [4.69, 9.17) is 0 Å². The topological polar surface area (TPSA) is 0 Å². The van der Waals surface area contributed by atoms with Crippen LogP contribution in [-0.4, -0.2) is 6.16 Å². The Bertz CT molecular complexity index is 619. The Labute approximate surface area is 214 Å². The number of hydrogen-bond donors (Lipinski definition) is 0. The van der Waals surface area contributed by atoms with E-state index in [2.05, 4.69) is 84.5 Å². The van der Waals surface area contributed by atoms with Gasteiger partial charge in [-0.3, -0.25) is 0 Å². The molecule has 1 radical (unpaired) electrons. The first-order valence-electron chi connectivity index (χ1n) is 9.25. The molecule has 2 aromatic carbocycles. The fourth-order valence-electron chi connectivity index (χ4n) is 3.80. The van der Waals surface area contributed by atoms with Crippen LogP contribution < -0.4 is 0 Å². The van der Waals surface area contributed by atoms with Crippen molar-refractivity contribution >= 4 is 9.24 Å². The number of fused-ring (bicyclic) bond motifs is 3. The fraction of sp³-hybridized carbons (Fsp3) is 0.375. The van der Waals surface area contributed by atoms with Gasteiger partial charge in [0.2, 0.25) is 0 Å². The van der Waals surface area contributed by atoms with Crippen LogP contribution >= 0.6 is 9.24 Å². The van der Waals surface area contributed by atoms with Crippen molar-refractivity contribution in [1.29, 1.82) is 0 Å². The van der Waals surface area contributed by atoms with Crippen LogP contribution in [-0.2, 0) is 58.9 Å².